The lowest BCUT2D eigenvalue weighted by Crippen LogP contribution is -2.22. The second kappa shape index (κ2) is 4.35. The first-order valence-electron chi connectivity index (χ1n) is 3.89. The van der Waals surface area contributed by atoms with Gasteiger partial charge in [0.05, 0.1) is 12.1 Å². The van der Waals surface area contributed by atoms with Crippen LogP contribution in [0.3, 0.4) is 0 Å². The van der Waals surface area contributed by atoms with Crippen molar-refractivity contribution in [3.63, 3.8) is 0 Å². The molecule has 0 unspecified atom stereocenters. The van der Waals surface area contributed by atoms with Crippen molar-refractivity contribution in [1.29, 1.82) is 0 Å². The minimum absolute atomic E-state index is 0.0110. The standard InChI is InChI=1S/C9H11ClN2O/c1-12(2)6-8(13)7-4-3-5-11-9(7)10/h3-5H,6H2,1-2H3. The van der Waals surface area contributed by atoms with Crippen molar-refractivity contribution in [1.82, 2.24) is 9.88 Å². The molecular formula is C9H11ClN2O. The fourth-order valence-corrected chi connectivity index (χ4v) is 1.19. The van der Waals surface area contributed by atoms with E-state index in [0.717, 1.165) is 0 Å². The van der Waals surface area contributed by atoms with E-state index < -0.39 is 0 Å². The van der Waals surface area contributed by atoms with Crippen molar-refractivity contribution in [2.45, 2.75) is 0 Å². The van der Waals surface area contributed by atoms with E-state index in [0.29, 0.717) is 12.1 Å². The number of likely N-dealkylation sites (N-methyl/N-ethyl adjacent to an activating group) is 1. The van der Waals surface area contributed by atoms with Crippen molar-refractivity contribution in [2.75, 3.05) is 20.6 Å². The van der Waals surface area contributed by atoms with E-state index >= 15 is 0 Å². The van der Waals surface area contributed by atoms with Crippen LogP contribution in [0.2, 0.25) is 5.15 Å². The molecule has 0 aliphatic carbocycles. The van der Waals surface area contributed by atoms with Crippen LogP contribution in [0, 0.1) is 0 Å². The summed E-state index contributed by atoms with van der Waals surface area (Å²) < 4.78 is 0. The van der Waals surface area contributed by atoms with Gasteiger partial charge in [0.15, 0.2) is 5.78 Å². The van der Waals surface area contributed by atoms with Crippen LogP contribution in [-0.2, 0) is 0 Å². The van der Waals surface area contributed by atoms with Crippen molar-refractivity contribution < 1.29 is 4.79 Å². The van der Waals surface area contributed by atoms with E-state index in [4.69, 9.17) is 11.6 Å². The quantitative estimate of drug-likeness (QED) is 0.545. The molecule has 0 saturated carbocycles. The normalized spacial score (nSPS) is 10.5. The predicted molar refractivity (Wildman–Crippen MR) is 52.1 cm³/mol. The van der Waals surface area contributed by atoms with E-state index in [2.05, 4.69) is 4.98 Å². The summed E-state index contributed by atoms with van der Waals surface area (Å²) in [6.45, 7) is 0.353. The maximum absolute atomic E-state index is 11.5. The molecule has 0 amide bonds. The third-order valence-corrected chi connectivity index (χ3v) is 1.82. The predicted octanol–water partition coefficient (Wildman–Crippen LogP) is 1.48. The minimum atomic E-state index is -0.0110. The zero-order chi connectivity index (χ0) is 9.84. The Labute approximate surface area is 82.3 Å². The monoisotopic (exact) mass is 198 g/mol. The zero-order valence-electron chi connectivity index (χ0n) is 7.62. The van der Waals surface area contributed by atoms with E-state index in [1.807, 2.05) is 14.1 Å². The third kappa shape index (κ3) is 2.79. The zero-order valence-corrected chi connectivity index (χ0v) is 8.38. The molecule has 0 fully saturated rings. The van der Waals surface area contributed by atoms with Gasteiger partial charge in [-0.15, -0.1) is 0 Å². The number of pyridine rings is 1. The van der Waals surface area contributed by atoms with E-state index in [9.17, 15) is 4.79 Å². The molecule has 1 rings (SSSR count). The van der Waals surface area contributed by atoms with Crippen LogP contribution in [-0.4, -0.2) is 36.3 Å². The van der Waals surface area contributed by atoms with Gasteiger partial charge in [-0.25, -0.2) is 4.98 Å². The van der Waals surface area contributed by atoms with Crippen LogP contribution in [0.15, 0.2) is 18.3 Å². The fourth-order valence-electron chi connectivity index (χ4n) is 0.966. The van der Waals surface area contributed by atoms with Gasteiger partial charge in [0.1, 0.15) is 5.15 Å². The summed E-state index contributed by atoms with van der Waals surface area (Å²) in [6.07, 6.45) is 1.56. The lowest BCUT2D eigenvalue weighted by molar-refractivity contribution is 0.0957. The Bertz CT molecular complexity index is 312. The number of carbonyl (C=O) groups is 1. The van der Waals surface area contributed by atoms with Gasteiger partial charge >= 0.3 is 0 Å². The summed E-state index contributed by atoms with van der Waals surface area (Å²) in [5, 5.41) is 0.273. The number of carbonyl (C=O) groups excluding carboxylic acids is 1. The molecule has 0 radical (unpaired) electrons. The highest BCUT2D eigenvalue weighted by atomic mass is 35.5. The Morgan fingerprint density at radius 3 is 2.85 bits per heavy atom. The topological polar surface area (TPSA) is 33.2 Å². The van der Waals surface area contributed by atoms with E-state index in [1.165, 1.54) is 0 Å². The molecule has 70 valence electrons. The number of nitrogens with zero attached hydrogens (tertiary/aromatic N) is 2. The van der Waals surface area contributed by atoms with Crippen molar-refractivity contribution >= 4 is 17.4 Å². The first-order valence-corrected chi connectivity index (χ1v) is 4.27. The molecule has 0 aromatic carbocycles. The van der Waals surface area contributed by atoms with Gasteiger partial charge in [-0.3, -0.25) is 4.79 Å². The third-order valence-electron chi connectivity index (χ3n) is 1.52. The van der Waals surface area contributed by atoms with Crippen LogP contribution in [0.1, 0.15) is 10.4 Å². The summed E-state index contributed by atoms with van der Waals surface area (Å²) in [5.41, 5.74) is 0.484. The maximum Gasteiger partial charge on any atom is 0.179 e. The molecule has 1 aromatic heterocycles. The summed E-state index contributed by atoms with van der Waals surface area (Å²) in [4.78, 5) is 17.1. The van der Waals surface area contributed by atoms with Gasteiger partial charge in [-0.2, -0.15) is 0 Å². The van der Waals surface area contributed by atoms with Crippen LogP contribution in [0.4, 0.5) is 0 Å². The molecule has 0 atom stereocenters. The fraction of sp³-hybridized carbons (Fsp3) is 0.333. The van der Waals surface area contributed by atoms with E-state index in [1.54, 1.807) is 23.2 Å². The Hall–Kier alpha value is -0.930. The molecule has 0 saturated heterocycles. The van der Waals surface area contributed by atoms with Gasteiger partial charge in [0, 0.05) is 6.20 Å². The average Bonchev–Trinajstić information content (AvgIpc) is 2.03. The summed E-state index contributed by atoms with van der Waals surface area (Å²) >= 11 is 5.75. The Kier molecular flexibility index (Phi) is 3.39. The number of halogens is 1. The second-order valence-corrected chi connectivity index (χ2v) is 3.36. The molecule has 1 aromatic rings. The average molecular weight is 199 g/mol. The minimum Gasteiger partial charge on any atom is -0.302 e. The van der Waals surface area contributed by atoms with Gasteiger partial charge < -0.3 is 4.90 Å². The molecule has 13 heavy (non-hydrogen) atoms. The van der Waals surface area contributed by atoms with Crippen LogP contribution in [0.5, 0.6) is 0 Å². The molecule has 0 spiro atoms. The number of aromatic nitrogens is 1. The lowest BCUT2D eigenvalue weighted by atomic mass is 10.2. The highest BCUT2D eigenvalue weighted by Gasteiger charge is 2.10. The maximum atomic E-state index is 11.5. The SMILES string of the molecule is CN(C)CC(=O)c1cccnc1Cl. The Balaban J connectivity index is 2.83. The highest BCUT2D eigenvalue weighted by molar-refractivity contribution is 6.32. The van der Waals surface area contributed by atoms with Gasteiger partial charge in [-0.1, -0.05) is 11.6 Å². The first kappa shape index (κ1) is 10.2. The molecule has 0 aliphatic rings. The molecule has 0 aliphatic heterocycles. The number of ketones is 1. The molecule has 0 bridgehead atoms. The molecule has 0 N–H and O–H groups in total. The number of hydrogen-bond acceptors (Lipinski definition) is 3. The van der Waals surface area contributed by atoms with Gasteiger partial charge in [0.2, 0.25) is 0 Å². The molecule has 1 heterocycles. The van der Waals surface area contributed by atoms with Crippen molar-refractivity contribution in [3.05, 3.63) is 29.0 Å². The van der Waals surface area contributed by atoms with E-state index in [-0.39, 0.29) is 10.9 Å². The summed E-state index contributed by atoms with van der Waals surface area (Å²) in [6, 6.07) is 3.38. The second-order valence-electron chi connectivity index (χ2n) is 3.00. The number of Topliss-reactive ketones (excluding diaryl/α,β-unsaturated/α-hetero) is 1. The van der Waals surface area contributed by atoms with Gasteiger partial charge in [0.25, 0.3) is 0 Å². The van der Waals surface area contributed by atoms with Gasteiger partial charge in [-0.05, 0) is 26.2 Å². The summed E-state index contributed by atoms with van der Waals surface area (Å²) in [5.74, 6) is -0.0110. The largest absolute Gasteiger partial charge is 0.302 e. The Morgan fingerprint density at radius 2 is 2.31 bits per heavy atom. The Morgan fingerprint density at radius 1 is 1.62 bits per heavy atom. The number of rotatable bonds is 3. The smallest absolute Gasteiger partial charge is 0.179 e. The van der Waals surface area contributed by atoms with Crippen LogP contribution in [0.25, 0.3) is 0 Å². The summed E-state index contributed by atoms with van der Waals surface area (Å²) in [7, 11) is 3.67. The highest BCUT2D eigenvalue weighted by Crippen LogP contribution is 2.11. The first-order chi connectivity index (χ1) is 6.11. The van der Waals surface area contributed by atoms with Crippen LogP contribution >= 0.6 is 11.6 Å². The van der Waals surface area contributed by atoms with Crippen molar-refractivity contribution in [3.8, 4) is 0 Å². The molecular weight excluding hydrogens is 188 g/mol. The van der Waals surface area contributed by atoms with Crippen LogP contribution < -0.4 is 0 Å². The number of hydrogen-bond donors (Lipinski definition) is 0. The lowest BCUT2D eigenvalue weighted by Gasteiger charge is -2.08. The molecule has 4 heteroatoms. The van der Waals surface area contributed by atoms with Crippen molar-refractivity contribution in [2.24, 2.45) is 0 Å². The molecule has 3 nitrogen and oxygen atoms in total.